The highest BCUT2D eigenvalue weighted by molar-refractivity contribution is 5.54. The zero-order valence-electron chi connectivity index (χ0n) is 12.0. The highest BCUT2D eigenvalue weighted by atomic mass is 16.3. The van der Waals surface area contributed by atoms with Gasteiger partial charge < -0.3 is 15.1 Å². The van der Waals surface area contributed by atoms with Gasteiger partial charge in [-0.1, -0.05) is 12.1 Å². The minimum Gasteiger partial charge on any atom is -0.508 e. The Labute approximate surface area is 124 Å². The number of nitrogens with zero attached hydrogens (tertiary/aromatic N) is 1. The molecule has 112 valence electrons. The van der Waals surface area contributed by atoms with Crippen molar-refractivity contribution in [1.29, 1.82) is 0 Å². The normalized spacial score (nSPS) is 37.6. The summed E-state index contributed by atoms with van der Waals surface area (Å²) in [6, 6.07) is 5.93. The van der Waals surface area contributed by atoms with Crippen molar-refractivity contribution < 1.29 is 15.0 Å². The fourth-order valence-corrected chi connectivity index (χ4v) is 5.26. The lowest BCUT2D eigenvalue weighted by Gasteiger charge is -2.59. The average molecular weight is 287 g/mol. The Hall–Kier alpha value is -1.55. The number of likely N-dealkylation sites (tertiary alicyclic amines) is 1. The van der Waals surface area contributed by atoms with Crippen molar-refractivity contribution in [3.05, 3.63) is 29.3 Å². The van der Waals surface area contributed by atoms with Gasteiger partial charge in [0.1, 0.15) is 5.75 Å². The van der Waals surface area contributed by atoms with E-state index in [-0.39, 0.29) is 17.6 Å². The Morgan fingerprint density at radius 3 is 3.00 bits per heavy atom. The number of rotatable bonds is 1. The van der Waals surface area contributed by atoms with E-state index >= 15 is 0 Å². The number of benzene rings is 1. The molecule has 1 amide bonds. The number of carbonyl (C=O) groups is 1. The van der Waals surface area contributed by atoms with Gasteiger partial charge in [0, 0.05) is 23.6 Å². The Bertz CT molecular complexity index is 587. The van der Waals surface area contributed by atoms with Gasteiger partial charge in [-0.3, -0.25) is 4.79 Å². The van der Waals surface area contributed by atoms with Crippen LogP contribution in [0, 0.1) is 5.92 Å². The molecule has 0 aromatic heterocycles. The van der Waals surface area contributed by atoms with Crippen LogP contribution < -0.4 is 0 Å². The summed E-state index contributed by atoms with van der Waals surface area (Å²) in [5.74, 6) is 0.727. The first-order valence-electron chi connectivity index (χ1n) is 7.86. The maximum atomic E-state index is 11.4. The van der Waals surface area contributed by atoms with Gasteiger partial charge in [-0.2, -0.15) is 0 Å². The van der Waals surface area contributed by atoms with Crippen molar-refractivity contribution in [2.75, 3.05) is 6.54 Å². The third-order valence-corrected chi connectivity index (χ3v) is 6.02. The predicted molar refractivity (Wildman–Crippen MR) is 78.0 cm³/mol. The molecule has 4 heteroatoms. The molecule has 21 heavy (non-hydrogen) atoms. The van der Waals surface area contributed by atoms with Crippen molar-refractivity contribution in [1.82, 2.24) is 4.90 Å². The summed E-state index contributed by atoms with van der Waals surface area (Å²) in [7, 11) is 0. The molecule has 1 aliphatic heterocycles. The van der Waals surface area contributed by atoms with E-state index in [2.05, 4.69) is 6.07 Å². The van der Waals surface area contributed by atoms with Crippen molar-refractivity contribution in [3.8, 4) is 5.75 Å². The topological polar surface area (TPSA) is 60.8 Å². The number of piperidine rings is 1. The molecule has 0 spiro atoms. The smallest absolute Gasteiger partial charge is 0.209 e. The van der Waals surface area contributed by atoms with E-state index in [9.17, 15) is 15.0 Å². The summed E-state index contributed by atoms with van der Waals surface area (Å²) in [5.41, 5.74) is 2.05. The molecule has 1 heterocycles. The summed E-state index contributed by atoms with van der Waals surface area (Å²) in [6.07, 6.45) is 4.80. The lowest BCUT2D eigenvalue weighted by molar-refractivity contribution is -0.128. The number of hydrogen-bond acceptors (Lipinski definition) is 3. The molecule has 4 atom stereocenters. The van der Waals surface area contributed by atoms with Crippen LogP contribution in [-0.2, 0) is 16.6 Å². The first-order chi connectivity index (χ1) is 10.2. The zero-order chi connectivity index (χ0) is 14.6. The molecule has 1 aromatic carbocycles. The summed E-state index contributed by atoms with van der Waals surface area (Å²) >= 11 is 0. The number of phenols is 1. The molecule has 2 bridgehead atoms. The van der Waals surface area contributed by atoms with Crippen LogP contribution in [0.3, 0.4) is 0 Å². The van der Waals surface area contributed by atoms with Gasteiger partial charge in [0.25, 0.3) is 0 Å². The monoisotopic (exact) mass is 287 g/mol. The second-order valence-corrected chi connectivity index (χ2v) is 6.87. The van der Waals surface area contributed by atoms with Crippen LogP contribution in [0.15, 0.2) is 18.2 Å². The van der Waals surface area contributed by atoms with Crippen molar-refractivity contribution >= 4 is 6.41 Å². The van der Waals surface area contributed by atoms with E-state index in [0.29, 0.717) is 18.1 Å². The molecule has 2 aliphatic carbocycles. The van der Waals surface area contributed by atoms with E-state index in [0.717, 1.165) is 49.8 Å². The molecule has 0 radical (unpaired) electrons. The third kappa shape index (κ3) is 1.68. The van der Waals surface area contributed by atoms with Crippen LogP contribution in [0.1, 0.15) is 36.8 Å². The van der Waals surface area contributed by atoms with Gasteiger partial charge in [0.2, 0.25) is 6.41 Å². The van der Waals surface area contributed by atoms with Crippen molar-refractivity contribution in [3.63, 3.8) is 0 Å². The molecule has 1 aromatic rings. The van der Waals surface area contributed by atoms with E-state index in [1.807, 2.05) is 11.0 Å². The average Bonchev–Trinajstić information content (AvgIpc) is 2.46. The molecule has 1 saturated carbocycles. The highest BCUT2D eigenvalue weighted by Crippen LogP contribution is 2.57. The van der Waals surface area contributed by atoms with E-state index in [4.69, 9.17) is 0 Å². The van der Waals surface area contributed by atoms with E-state index in [1.54, 1.807) is 6.07 Å². The predicted octanol–water partition coefficient (Wildman–Crippen LogP) is 1.58. The number of fused-ring (bicyclic) bond motifs is 1. The largest absolute Gasteiger partial charge is 0.508 e. The molecular formula is C17H21NO3. The Kier molecular flexibility index (Phi) is 2.80. The van der Waals surface area contributed by atoms with Crippen molar-refractivity contribution in [2.45, 2.75) is 49.7 Å². The summed E-state index contributed by atoms with van der Waals surface area (Å²) in [5, 5.41) is 20.7. The number of aromatic hydroxyl groups is 1. The molecule has 2 fully saturated rings. The molecule has 1 unspecified atom stereocenters. The van der Waals surface area contributed by atoms with E-state index in [1.165, 1.54) is 0 Å². The standard InChI is InChI=1S/C17H21NO3/c19-10-18-7-6-17-9-12(20)4-5-13(17)14(18)8-11-2-1-3-15(21)16(11)17/h1-3,10,12-14,20-21H,4-9H2/t12?,13-,14+,17-/m0/s1. The van der Waals surface area contributed by atoms with Crippen LogP contribution in [0.2, 0.25) is 0 Å². The quantitative estimate of drug-likeness (QED) is 0.771. The Balaban J connectivity index is 1.91. The lowest BCUT2D eigenvalue weighted by atomic mass is 9.51. The van der Waals surface area contributed by atoms with E-state index < -0.39 is 0 Å². The van der Waals surface area contributed by atoms with Crippen LogP contribution in [-0.4, -0.2) is 40.2 Å². The van der Waals surface area contributed by atoms with Crippen LogP contribution >= 0.6 is 0 Å². The first kappa shape index (κ1) is 13.1. The summed E-state index contributed by atoms with van der Waals surface area (Å²) < 4.78 is 0. The number of phenolic OH excluding ortho intramolecular Hbond substituents is 1. The highest BCUT2D eigenvalue weighted by Gasteiger charge is 2.56. The SMILES string of the molecule is O=CN1CC[C@]23CC(O)CC[C@H]2[C@H]1Cc1cccc(O)c13. The van der Waals surface area contributed by atoms with Crippen molar-refractivity contribution in [2.24, 2.45) is 5.92 Å². The number of carbonyl (C=O) groups excluding carboxylic acids is 1. The molecular weight excluding hydrogens is 266 g/mol. The minimum absolute atomic E-state index is 0.152. The van der Waals surface area contributed by atoms with Gasteiger partial charge in [-0.25, -0.2) is 0 Å². The second-order valence-electron chi connectivity index (χ2n) is 6.87. The lowest BCUT2D eigenvalue weighted by Crippen LogP contribution is -2.61. The molecule has 4 nitrogen and oxygen atoms in total. The van der Waals surface area contributed by atoms with Crippen LogP contribution in [0.5, 0.6) is 5.75 Å². The number of aliphatic hydroxyl groups excluding tert-OH is 1. The van der Waals surface area contributed by atoms with Gasteiger partial charge in [0.05, 0.1) is 6.10 Å². The summed E-state index contributed by atoms with van der Waals surface area (Å²) in [6.45, 7) is 0.727. The molecule has 3 aliphatic rings. The molecule has 2 N–H and O–H groups in total. The Morgan fingerprint density at radius 1 is 1.33 bits per heavy atom. The fraction of sp³-hybridized carbons (Fsp3) is 0.588. The minimum atomic E-state index is -0.296. The number of amides is 1. The van der Waals surface area contributed by atoms with Crippen LogP contribution in [0.4, 0.5) is 0 Å². The maximum absolute atomic E-state index is 11.4. The first-order valence-corrected chi connectivity index (χ1v) is 7.86. The Morgan fingerprint density at radius 2 is 2.19 bits per heavy atom. The van der Waals surface area contributed by atoms with Gasteiger partial charge in [0.15, 0.2) is 0 Å². The van der Waals surface area contributed by atoms with Gasteiger partial charge >= 0.3 is 0 Å². The van der Waals surface area contributed by atoms with Gasteiger partial charge in [-0.15, -0.1) is 0 Å². The molecule has 1 saturated heterocycles. The summed E-state index contributed by atoms with van der Waals surface area (Å²) in [4.78, 5) is 13.3. The molecule has 4 rings (SSSR count). The number of aliphatic hydroxyl groups is 1. The second kappa shape index (κ2) is 4.47. The fourth-order valence-electron chi connectivity index (χ4n) is 5.26. The van der Waals surface area contributed by atoms with Gasteiger partial charge in [-0.05, 0) is 49.7 Å². The maximum Gasteiger partial charge on any atom is 0.209 e. The van der Waals surface area contributed by atoms with Crippen LogP contribution in [0.25, 0.3) is 0 Å². The zero-order valence-corrected chi connectivity index (χ0v) is 12.0. The number of hydrogen-bond donors (Lipinski definition) is 2. The third-order valence-electron chi connectivity index (χ3n) is 6.02.